The average Bonchev–Trinajstić information content (AvgIpc) is 2.24. The Bertz CT molecular complexity index is 361. The summed E-state index contributed by atoms with van der Waals surface area (Å²) in [7, 11) is 0. The number of nitrogens with one attached hydrogen (secondary N) is 1. The summed E-state index contributed by atoms with van der Waals surface area (Å²) in [6, 6.07) is 6.33. The summed E-state index contributed by atoms with van der Waals surface area (Å²) in [5, 5.41) is 3.31. The van der Waals surface area contributed by atoms with Gasteiger partial charge in [-0.25, -0.2) is 8.78 Å². The summed E-state index contributed by atoms with van der Waals surface area (Å²) in [4.78, 5) is 0. The Kier molecular flexibility index (Phi) is 4.82. The Morgan fingerprint density at radius 1 is 1.18 bits per heavy atom. The van der Waals surface area contributed by atoms with Gasteiger partial charge < -0.3 is 5.32 Å². The molecular weight excluding hydrogens is 220 g/mol. The van der Waals surface area contributed by atoms with Gasteiger partial charge in [-0.3, -0.25) is 0 Å². The molecule has 1 nitrogen and oxygen atoms in total. The van der Waals surface area contributed by atoms with Crippen molar-refractivity contribution >= 4 is 6.08 Å². The summed E-state index contributed by atoms with van der Waals surface area (Å²) in [5.41, 5.74) is 1.09. The second-order valence-electron chi connectivity index (χ2n) is 5.00. The molecule has 17 heavy (non-hydrogen) atoms. The van der Waals surface area contributed by atoms with Crippen LogP contribution in [0.25, 0.3) is 6.08 Å². The lowest BCUT2D eigenvalue weighted by Crippen LogP contribution is -2.35. The number of hydrogen-bond acceptors (Lipinski definition) is 1. The van der Waals surface area contributed by atoms with Crippen molar-refractivity contribution in [1.82, 2.24) is 5.32 Å². The second kappa shape index (κ2) is 5.92. The van der Waals surface area contributed by atoms with Crippen molar-refractivity contribution in [2.24, 2.45) is 0 Å². The van der Waals surface area contributed by atoms with E-state index >= 15 is 0 Å². The molecule has 0 aromatic heterocycles. The van der Waals surface area contributed by atoms with Crippen LogP contribution in [0, 0.1) is 0 Å². The first-order valence-electron chi connectivity index (χ1n) is 5.68. The smallest absolute Gasteiger partial charge is 0.263 e. The molecule has 0 amide bonds. The molecule has 1 aromatic carbocycles. The molecule has 0 aliphatic rings. The average molecular weight is 239 g/mol. The van der Waals surface area contributed by atoms with Gasteiger partial charge in [0.25, 0.3) is 6.43 Å². The van der Waals surface area contributed by atoms with Crippen molar-refractivity contribution in [1.29, 1.82) is 0 Å². The van der Waals surface area contributed by atoms with E-state index in [1.165, 1.54) is 12.1 Å². The lowest BCUT2D eigenvalue weighted by molar-refractivity contribution is 0.151. The van der Waals surface area contributed by atoms with Gasteiger partial charge in [0.05, 0.1) is 0 Å². The van der Waals surface area contributed by atoms with E-state index in [2.05, 4.69) is 26.1 Å². The zero-order valence-electron chi connectivity index (χ0n) is 10.5. The third-order valence-corrected chi connectivity index (χ3v) is 2.25. The van der Waals surface area contributed by atoms with Crippen molar-refractivity contribution in [2.75, 3.05) is 6.54 Å². The SMILES string of the molecule is CC(C)(C)NC/C=C/c1ccc(C(F)F)cc1. The lowest BCUT2D eigenvalue weighted by Gasteiger charge is -2.18. The van der Waals surface area contributed by atoms with Gasteiger partial charge in [-0.2, -0.15) is 0 Å². The highest BCUT2D eigenvalue weighted by Gasteiger charge is 2.06. The first-order valence-corrected chi connectivity index (χ1v) is 5.68. The van der Waals surface area contributed by atoms with Crippen LogP contribution in [-0.4, -0.2) is 12.1 Å². The molecule has 0 saturated carbocycles. The van der Waals surface area contributed by atoms with Gasteiger partial charge in [-0.1, -0.05) is 36.4 Å². The topological polar surface area (TPSA) is 12.0 Å². The third-order valence-electron chi connectivity index (χ3n) is 2.25. The molecule has 3 heteroatoms. The van der Waals surface area contributed by atoms with Crippen LogP contribution in [0.2, 0.25) is 0 Å². The van der Waals surface area contributed by atoms with Crippen molar-refractivity contribution in [3.05, 3.63) is 41.5 Å². The van der Waals surface area contributed by atoms with Crippen molar-refractivity contribution < 1.29 is 8.78 Å². The maximum atomic E-state index is 12.3. The van der Waals surface area contributed by atoms with Crippen molar-refractivity contribution in [3.63, 3.8) is 0 Å². The quantitative estimate of drug-likeness (QED) is 0.836. The molecule has 0 spiro atoms. The van der Waals surface area contributed by atoms with E-state index in [1.54, 1.807) is 12.1 Å². The number of alkyl halides is 2. The van der Waals surface area contributed by atoms with Crippen LogP contribution in [0.1, 0.15) is 38.3 Å². The highest BCUT2D eigenvalue weighted by atomic mass is 19.3. The van der Waals surface area contributed by atoms with Gasteiger partial charge in [0.1, 0.15) is 0 Å². The minimum Gasteiger partial charge on any atom is -0.309 e. The van der Waals surface area contributed by atoms with Crippen molar-refractivity contribution in [2.45, 2.75) is 32.7 Å². The fourth-order valence-electron chi connectivity index (χ4n) is 1.31. The summed E-state index contributed by atoms with van der Waals surface area (Å²) >= 11 is 0. The molecule has 1 aromatic rings. The number of halogens is 2. The molecule has 0 radical (unpaired) electrons. The minimum atomic E-state index is -2.39. The molecule has 1 rings (SSSR count). The van der Waals surface area contributed by atoms with Gasteiger partial charge in [0.2, 0.25) is 0 Å². The Morgan fingerprint density at radius 2 is 1.76 bits per heavy atom. The molecule has 0 unspecified atom stereocenters. The predicted molar refractivity (Wildman–Crippen MR) is 68.2 cm³/mol. The fraction of sp³-hybridized carbons (Fsp3) is 0.429. The number of hydrogen-bond donors (Lipinski definition) is 1. The summed E-state index contributed by atoms with van der Waals surface area (Å²) in [6.45, 7) is 7.05. The van der Waals surface area contributed by atoms with Gasteiger partial charge in [-0.05, 0) is 26.3 Å². The van der Waals surface area contributed by atoms with Crippen LogP contribution >= 0.6 is 0 Å². The zero-order valence-corrected chi connectivity index (χ0v) is 10.5. The van der Waals surface area contributed by atoms with Crippen LogP contribution in [0.5, 0.6) is 0 Å². The molecule has 1 N–H and O–H groups in total. The van der Waals surface area contributed by atoms with Gasteiger partial charge in [-0.15, -0.1) is 0 Å². The monoisotopic (exact) mass is 239 g/mol. The van der Waals surface area contributed by atoms with E-state index in [0.29, 0.717) is 0 Å². The van der Waals surface area contributed by atoms with Crippen LogP contribution in [0.4, 0.5) is 8.78 Å². The highest BCUT2D eigenvalue weighted by molar-refractivity contribution is 5.49. The molecule has 0 fully saturated rings. The summed E-state index contributed by atoms with van der Waals surface area (Å²) < 4.78 is 24.6. The van der Waals surface area contributed by atoms with Crippen LogP contribution in [-0.2, 0) is 0 Å². The Labute approximate surface area is 102 Å². The zero-order chi connectivity index (χ0) is 12.9. The third kappa shape index (κ3) is 5.59. The predicted octanol–water partition coefficient (Wildman–Crippen LogP) is 4.03. The van der Waals surface area contributed by atoms with Crippen LogP contribution in [0.15, 0.2) is 30.3 Å². The molecule has 0 aliphatic heterocycles. The van der Waals surface area contributed by atoms with Crippen LogP contribution < -0.4 is 5.32 Å². The van der Waals surface area contributed by atoms with E-state index in [1.807, 2.05) is 12.2 Å². The molecule has 0 bridgehead atoms. The van der Waals surface area contributed by atoms with E-state index in [-0.39, 0.29) is 11.1 Å². The van der Waals surface area contributed by atoms with Crippen molar-refractivity contribution in [3.8, 4) is 0 Å². The molecular formula is C14H19F2N. The fourth-order valence-corrected chi connectivity index (χ4v) is 1.31. The number of rotatable bonds is 4. The highest BCUT2D eigenvalue weighted by Crippen LogP contribution is 2.18. The van der Waals surface area contributed by atoms with Crippen LogP contribution in [0.3, 0.4) is 0 Å². The van der Waals surface area contributed by atoms with E-state index in [0.717, 1.165) is 12.1 Å². The number of benzene rings is 1. The maximum Gasteiger partial charge on any atom is 0.263 e. The maximum absolute atomic E-state index is 12.3. The molecule has 0 aliphatic carbocycles. The normalized spacial score (nSPS) is 12.6. The molecule has 0 saturated heterocycles. The minimum absolute atomic E-state index is 0.0648. The van der Waals surface area contributed by atoms with E-state index in [9.17, 15) is 8.78 Å². The standard InChI is InChI=1S/C14H19F2N/c1-14(2,3)17-10-4-5-11-6-8-12(9-7-11)13(15)16/h4-9,13,17H,10H2,1-3H3/b5-4+. The Morgan fingerprint density at radius 3 is 2.24 bits per heavy atom. The van der Waals surface area contributed by atoms with Gasteiger partial charge in [0, 0.05) is 17.6 Å². The van der Waals surface area contributed by atoms with E-state index < -0.39 is 6.43 Å². The lowest BCUT2D eigenvalue weighted by atomic mass is 10.1. The molecule has 0 atom stereocenters. The largest absolute Gasteiger partial charge is 0.309 e. The second-order valence-corrected chi connectivity index (χ2v) is 5.00. The summed E-state index contributed by atoms with van der Waals surface area (Å²) in [5.74, 6) is 0. The molecule has 94 valence electrons. The first-order chi connectivity index (χ1) is 7.88. The first kappa shape index (κ1) is 13.8. The van der Waals surface area contributed by atoms with E-state index in [4.69, 9.17) is 0 Å². The van der Waals surface area contributed by atoms with Gasteiger partial charge >= 0.3 is 0 Å². The van der Waals surface area contributed by atoms with Gasteiger partial charge in [0.15, 0.2) is 0 Å². The molecule has 0 heterocycles. The summed E-state index contributed by atoms with van der Waals surface area (Å²) in [6.07, 6.45) is 1.52. The Balaban J connectivity index is 2.49. The Hall–Kier alpha value is -1.22.